The highest BCUT2D eigenvalue weighted by atomic mass is 32.1. The number of hydrogen-bond acceptors (Lipinski definition) is 4. The summed E-state index contributed by atoms with van der Waals surface area (Å²) in [4.78, 5) is 12.0. The van der Waals surface area contributed by atoms with Gasteiger partial charge in [0.2, 0.25) is 0 Å². The van der Waals surface area contributed by atoms with Gasteiger partial charge in [0, 0.05) is 32.0 Å². The van der Waals surface area contributed by atoms with E-state index >= 15 is 0 Å². The number of aromatic nitrogens is 2. The summed E-state index contributed by atoms with van der Waals surface area (Å²) in [5, 5.41) is 14.0. The Hall–Kier alpha value is -1.86. The average molecular weight is 306 g/mol. The van der Waals surface area contributed by atoms with Crippen molar-refractivity contribution in [3.05, 3.63) is 40.3 Å². The molecule has 1 fully saturated rings. The number of urea groups is 1. The molecule has 0 aromatic carbocycles. The molecule has 1 aliphatic heterocycles. The van der Waals surface area contributed by atoms with E-state index in [0.717, 1.165) is 17.5 Å². The Morgan fingerprint density at radius 1 is 1.62 bits per heavy atom. The Balaban J connectivity index is 1.54. The maximum atomic E-state index is 12.0. The molecule has 112 valence electrons. The normalized spacial score (nSPS) is 21.4. The zero-order valence-corrected chi connectivity index (χ0v) is 12.6. The second kappa shape index (κ2) is 6.28. The van der Waals surface area contributed by atoms with E-state index in [1.165, 1.54) is 0 Å². The Morgan fingerprint density at radius 2 is 2.52 bits per heavy atom. The smallest absolute Gasteiger partial charge is 0.315 e. The molecule has 0 spiro atoms. The van der Waals surface area contributed by atoms with E-state index in [1.807, 2.05) is 30.1 Å². The SMILES string of the molecule is Cn1cc([C@H]2OCC[C@@H]2NC(=O)NCc2ccsc2)cn1. The van der Waals surface area contributed by atoms with Crippen molar-refractivity contribution in [2.24, 2.45) is 7.05 Å². The summed E-state index contributed by atoms with van der Waals surface area (Å²) in [5.41, 5.74) is 2.11. The Morgan fingerprint density at radius 3 is 3.24 bits per heavy atom. The number of nitrogens with zero attached hydrogens (tertiary/aromatic N) is 2. The van der Waals surface area contributed by atoms with Gasteiger partial charge in [0.1, 0.15) is 6.10 Å². The van der Waals surface area contributed by atoms with Crippen LogP contribution in [0.4, 0.5) is 4.79 Å². The van der Waals surface area contributed by atoms with Crippen molar-refractivity contribution in [2.45, 2.75) is 25.1 Å². The first-order valence-corrected chi connectivity index (χ1v) is 7.82. The van der Waals surface area contributed by atoms with E-state index in [2.05, 4.69) is 15.7 Å². The van der Waals surface area contributed by atoms with Crippen LogP contribution in [0.3, 0.4) is 0 Å². The number of hydrogen-bond donors (Lipinski definition) is 2. The zero-order chi connectivity index (χ0) is 14.7. The topological polar surface area (TPSA) is 68.2 Å². The van der Waals surface area contributed by atoms with Gasteiger partial charge in [0.05, 0.1) is 12.2 Å². The second-order valence-corrected chi connectivity index (χ2v) is 5.87. The van der Waals surface area contributed by atoms with E-state index in [1.54, 1.807) is 22.2 Å². The van der Waals surface area contributed by atoms with Gasteiger partial charge in [-0.25, -0.2) is 4.79 Å². The van der Waals surface area contributed by atoms with E-state index in [-0.39, 0.29) is 18.2 Å². The standard InChI is InChI=1S/C14H18N4O2S/c1-18-8-11(7-16-18)13-12(2-4-20-13)17-14(19)15-6-10-3-5-21-9-10/h3,5,7-9,12-13H,2,4,6H2,1H3,(H2,15,17,19)/t12-,13+/m0/s1. The summed E-state index contributed by atoms with van der Waals surface area (Å²) in [5.74, 6) is 0. The van der Waals surface area contributed by atoms with Crippen molar-refractivity contribution in [1.82, 2.24) is 20.4 Å². The molecule has 6 nitrogen and oxygen atoms in total. The number of rotatable bonds is 4. The van der Waals surface area contributed by atoms with Crippen LogP contribution in [0.25, 0.3) is 0 Å². The van der Waals surface area contributed by atoms with Gasteiger partial charge in [-0.1, -0.05) is 0 Å². The first kappa shape index (κ1) is 14.1. The van der Waals surface area contributed by atoms with Crippen molar-refractivity contribution in [3.63, 3.8) is 0 Å². The van der Waals surface area contributed by atoms with Gasteiger partial charge in [-0.05, 0) is 28.8 Å². The van der Waals surface area contributed by atoms with Crippen LogP contribution in [0.5, 0.6) is 0 Å². The molecule has 7 heteroatoms. The third-order valence-electron chi connectivity index (χ3n) is 3.49. The monoisotopic (exact) mass is 306 g/mol. The van der Waals surface area contributed by atoms with Crippen molar-refractivity contribution >= 4 is 17.4 Å². The van der Waals surface area contributed by atoms with Crippen molar-refractivity contribution < 1.29 is 9.53 Å². The van der Waals surface area contributed by atoms with Crippen LogP contribution in [-0.4, -0.2) is 28.5 Å². The first-order chi connectivity index (χ1) is 10.2. The van der Waals surface area contributed by atoms with E-state index in [4.69, 9.17) is 4.74 Å². The minimum atomic E-state index is -0.161. The molecule has 0 radical (unpaired) electrons. The summed E-state index contributed by atoms with van der Waals surface area (Å²) >= 11 is 1.62. The maximum absolute atomic E-state index is 12.0. The summed E-state index contributed by atoms with van der Waals surface area (Å²) < 4.78 is 7.46. The van der Waals surface area contributed by atoms with Crippen LogP contribution in [0.1, 0.15) is 23.7 Å². The highest BCUT2D eigenvalue weighted by Crippen LogP contribution is 2.28. The minimum Gasteiger partial charge on any atom is -0.371 e. The molecule has 1 aliphatic rings. The molecule has 2 aromatic rings. The van der Waals surface area contributed by atoms with Crippen molar-refractivity contribution in [1.29, 1.82) is 0 Å². The Kier molecular flexibility index (Phi) is 4.21. The van der Waals surface area contributed by atoms with Gasteiger partial charge in [-0.3, -0.25) is 4.68 Å². The minimum absolute atomic E-state index is 0.0170. The van der Waals surface area contributed by atoms with Crippen LogP contribution < -0.4 is 10.6 Å². The molecule has 1 saturated heterocycles. The molecular formula is C14H18N4O2S. The molecule has 21 heavy (non-hydrogen) atoms. The number of amides is 2. The van der Waals surface area contributed by atoms with E-state index in [9.17, 15) is 4.79 Å². The van der Waals surface area contributed by atoms with Gasteiger partial charge in [-0.15, -0.1) is 0 Å². The number of carbonyl (C=O) groups is 1. The molecule has 2 aromatic heterocycles. The molecule has 0 unspecified atom stereocenters. The molecule has 3 heterocycles. The quantitative estimate of drug-likeness (QED) is 0.905. The lowest BCUT2D eigenvalue weighted by atomic mass is 10.1. The van der Waals surface area contributed by atoms with E-state index < -0.39 is 0 Å². The van der Waals surface area contributed by atoms with Gasteiger partial charge >= 0.3 is 6.03 Å². The first-order valence-electron chi connectivity index (χ1n) is 6.88. The summed E-state index contributed by atoms with van der Waals surface area (Å²) in [6, 6.07) is 1.82. The fourth-order valence-corrected chi connectivity index (χ4v) is 3.12. The van der Waals surface area contributed by atoms with Gasteiger partial charge < -0.3 is 15.4 Å². The van der Waals surface area contributed by atoms with Gasteiger partial charge in [-0.2, -0.15) is 16.4 Å². The van der Waals surface area contributed by atoms with Crippen LogP contribution in [0.15, 0.2) is 29.2 Å². The molecule has 2 N–H and O–H groups in total. The van der Waals surface area contributed by atoms with Crippen LogP contribution >= 0.6 is 11.3 Å². The highest BCUT2D eigenvalue weighted by Gasteiger charge is 2.31. The van der Waals surface area contributed by atoms with Crippen molar-refractivity contribution in [3.8, 4) is 0 Å². The lowest BCUT2D eigenvalue weighted by molar-refractivity contribution is 0.0998. The lowest BCUT2D eigenvalue weighted by Crippen LogP contribution is -2.42. The lowest BCUT2D eigenvalue weighted by Gasteiger charge is -2.19. The zero-order valence-electron chi connectivity index (χ0n) is 11.8. The number of nitrogens with one attached hydrogen (secondary N) is 2. The number of carbonyl (C=O) groups excluding carboxylic acids is 1. The molecule has 0 bridgehead atoms. The van der Waals surface area contributed by atoms with Gasteiger partial charge in [0.25, 0.3) is 0 Å². The van der Waals surface area contributed by atoms with Crippen LogP contribution in [0, 0.1) is 0 Å². The number of thiophene rings is 1. The second-order valence-electron chi connectivity index (χ2n) is 5.09. The molecule has 2 amide bonds. The molecule has 2 atom stereocenters. The molecular weight excluding hydrogens is 288 g/mol. The van der Waals surface area contributed by atoms with Crippen molar-refractivity contribution in [2.75, 3.05) is 6.61 Å². The third-order valence-corrected chi connectivity index (χ3v) is 4.23. The van der Waals surface area contributed by atoms with Crippen LogP contribution in [0.2, 0.25) is 0 Å². The fourth-order valence-electron chi connectivity index (χ4n) is 2.45. The predicted octanol–water partition coefficient (Wildman–Crippen LogP) is 1.81. The van der Waals surface area contributed by atoms with E-state index in [0.29, 0.717) is 13.2 Å². The van der Waals surface area contributed by atoms with Gasteiger partial charge in [0.15, 0.2) is 0 Å². The summed E-state index contributed by atoms with van der Waals surface area (Å²) in [6.45, 7) is 1.19. The largest absolute Gasteiger partial charge is 0.371 e. The third kappa shape index (κ3) is 3.43. The van der Waals surface area contributed by atoms with Crippen LogP contribution in [-0.2, 0) is 18.3 Å². The molecule has 3 rings (SSSR count). The number of ether oxygens (including phenoxy) is 1. The number of aryl methyl sites for hydroxylation is 1. The molecule has 0 aliphatic carbocycles. The highest BCUT2D eigenvalue weighted by molar-refractivity contribution is 7.07. The molecule has 0 saturated carbocycles. The Labute approximate surface area is 127 Å². The average Bonchev–Trinajstić information content (AvgIpc) is 3.17. The Bertz CT molecular complexity index is 596. The fraction of sp³-hybridized carbons (Fsp3) is 0.429. The summed E-state index contributed by atoms with van der Waals surface area (Å²) in [7, 11) is 1.87. The predicted molar refractivity (Wildman–Crippen MR) is 80.0 cm³/mol. The summed E-state index contributed by atoms with van der Waals surface area (Å²) in [6.07, 6.45) is 4.40. The maximum Gasteiger partial charge on any atom is 0.315 e.